The van der Waals surface area contributed by atoms with Crippen molar-refractivity contribution < 1.29 is 8.78 Å². The molecule has 1 heterocycles. The van der Waals surface area contributed by atoms with E-state index in [0.717, 1.165) is 10.9 Å². The van der Waals surface area contributed by atoms with E-state index in [1.54, 1.807) is 24.3 Å². The predicted molar refractivity (Wildman–Crippen MR) is 88.1 cm³/mol. The third-order valence-corrected chi connectivity index (χ3v) is 3.74. The van der Waals surface area contributed by atoms with Crippen molar-refractivity contribution in [2.75, 3.05) is 11.9 Å². The molecule has 0 radical (unpaired) electrons. The number of anilines is 1. The van der Waals surface area contributed by atoms with Crippen LogP contribution in [0.1, 0.15) is 17.8 Å². The summed E-state index contributed by atoms with van der Waals surface area (Å²) < 4.78 is 26.1. The number of nitrogens with zero attached hydrogens (tertiary/aromatic N) is 3. The van der Waals surface area contributed by atoms with Gasteiger partial charge in [-0.3, -0.25) is 0 Å². The molecule has 3 aromatic rings. The minimum Gasteiger partial charge on any atom is -0.355 e. The number of fused-ring (bicyclic) bond motifs is 1. The second kappa shape index (κ2) is 6.46. The Labute approximate surface area is 137 Å². The van der Waals surface area contributed by atoms with E-state index in [-0.39, 0.29) is 0 Å². The Morgan fingerprint density at radius 3 is 2.43 bits per heavy atom. The lowest BCUT2D eigenvalue weighted by atomic mass is 10.2. The third-order valence-electron chi connectivity index (χ3n) is 3.49. The average Bonchev–Trinajstić information content (AvgIpc) is 2.55. The summed E-state index contributed by atoms with van der Waals surface area (Å²) in [7, 11) is 1.82. The van der Waals surface area contributed by atoms with Gasteiger partial charge in [0.2, 0.25) is 0 Å². The quantitative estimate of drug-likeness (QED) is 0.683. The van der Waals surface area contributed by atoms with E-state index in [2.05, 4.69) is 9.97 Å². The minimum atomic E-state index is -2.71. The van der Waals surface area contributed by atoms with Gasteiger partial charge in [-0.05, 0) is 29.8 Å². The number of aromatic nitrogens is 2. The Morgan fingerprint density at radius 1 is 1.04 bits per heavy atom. The van der Waals surface area contributed by atoms with Crippen LogP contribution in [0.4, 0.5) is 14.6 Å². The molecule has 0 N–H and O–H groups in total. The summed E-state index contributed by atoms with van der Waals surface area (Å²) in [6.07, 6.45) is -2.71. The predicted octanol–water partition coefficient (Wildman–Crippen LogP) is 4.86. The van der Waals surface area contributed by atoms with Crippen molar-refractivity contribution in [3.63, 3.8) is 0 Å². The molecule has 0 bridgehead atoms. The SMILES string of the molecule is CN(Cc1ccc(Cl)cc1)c1nc(C(F)F)nc2ccccc12. The van der Waals surface area contributed by atoms with Gasteiger partial charge in [0.25, 0.3) is 6.43 Å². The van der Waals surface area contributed by atoms with Crippen LogP contribution in [-0.4, -0.2) is 17.0 Å². The lowest BCUT2D eigenvalue weighted by molar-refractivity contribution is 0.141. The van der Waals surface area contributed by atoms with Crippen molar-refractivity contribution in [2.45, 2.75) is 13.0 Å². The molecule has 0 atom stereocenters. The number of halogens is 3. The molecule has 23 heavy (non-hydrogen) atoms. The van der Waals surface area contributed by atoms with E-state index < -0.39 is 12.2 Å². The largest absolute Gasteiger partial charge is 0.355 e. The van der Waals surface area contributed by atoms with E-state index in [1.807, 2.05) is 36.2 Å². The highest BCUT2D eigenvalue weighted by molar-refractivity contribution is 6.30. The van der Waals surface area contributed by atoms with Gasteiger partial charge in [0, 0.05) is 24.0 Å². The fourth-order valence-corrected chi connectivity index (χ4v) is 2.53. The van der Waals surface area contributed by atoms with Crippen LogP contribution in [-0.2, 0) is 6.54 Å². The van der Waals surface area contributed by atoms with Gasteiger partial charge in [-0.2, -0.15) is 0 Å². The molecule has 1 aromatic heterocycles. The molecule has 3 nitrogen and oxygen atoms in total. The molecule has 0 amide bonds. The van der Waals surface area contributed by atoms with Crippen LogP contribution in [0.25, 0.3) is 10.9 Å². The Balaban J connectivity index is 2.01. The zero-order valence-corrected chi connectivity index (χ0v) is 13.1. The second-order valence-electron chi connectivity index (χ2n) is 5.21. The van der Waals surface area contributed by atoms with E-state index in [0.29, 0.717) is 22.9 Å². The summed E-state index contributed by atoms with van der Waals surface area (Å²) in [6.45, 7) is 0.529. The molecule has 0 aliphatic carbocycles. The van der Waals surface area contributed by atoms with Gasteiger partial charge >= 0.3 is 0 Å². The summed E-state index contributed by atoms with van der Waals surface area (Å²) in [5.41, 5.74) is 1.52. The van der Waals surface area contributed by atoms with Crippen molar-refractivity contribution in [1.82, 2.24) is 9.97 Å². The van der Waals surface area contributed by atoms with Crippen LogP contribution in [0.5, 0.6) is 0 Å². The Hall–Kier alpha value is -2.27. The highest BCUT2D eigenvalue weighted by Crippen LogP contribution is 2.27. The molecule has 2 aromatic carbocycles. The zero-order chi connectivity index (χ0) is 16.4. The number of hydrogen-bond donors (Lipinski definition) is 0. The van der Waals surface area contributed by atoms with Gasteiger partial charge in [-0.15, -0.1) is 0 Å². The molecule has 0 aliphatic rings. The summed E-state index contributed by atoms with van der Waals surface area (Å²) in [4.78, 5) is 9.82. The molecule has 0 saturated heterocycles. The standard InChI is InChI=1S/C17H14ClF2N3/c1-23(10-11-6-8-12(18)9-7-11)17-13-4-2-3-5-14(13)21-16(22-17)15(19)20/h2-9,15H,10H2,1H3. The first-order chi connectivity index (χ1) is 11.0. The van der Waals surface area contributed by atoms with Crippen LogP contribution in [0.2, 0.25) is 5.02 Å². The number of para-hydroxylation sites is 1. The molecule has 118 valence electrons. The number of rotatable bonds is 4. The van der Waals surface area contributed by atoms with Gasteiger partial charge in [0.1, 0.15) is 5.82 Å². The average molecular weight is 334 g/mol. The highest BCUT2D eigenvalue weighted by Gasteiger charge is 2.17. The monoisotopic (exact) mass is 333 g/mol. The summed E-state index contributed by atoms with van der Waals surface area (Å²) in [5.74, 6) is 0.0301. The van der Waals surface area contributed by atoms with Crippen molar-refractivity contribution in [3.8, 4) is 0 Å². The summed E-state index contributed by atoms with van der Waals surface area (Å²) in [5, 5.41) is 1.40. The van der Waals surface area contributed by atoms with Crippen molar-refractivity contribution in [3.05, 3.63) is 64.9 Å². The lowest BCUT2D eigenvalue weighted by Gasteiger charge is -2.20. The topological polar surface area (TPSA) is 29.0 Å². The van der Waals surface area contributed by atoms with Gasteiger partial charge in [-0.1, -0.05) is 35.9 Å². The highest BCUT2D eigenvalue weighted by atomic mass is 35.5. The van der Waals surface area contributed by atoms with E-state index in [1.165, 1.54) is 0 Å². The van der Waals surface area contributed by atoms with Gasteiger partial charge < -0.3 is 4.90 Å². The molecule has 0 fully saturated rings. The van der Waals surface area contributed by atoms with Crippen molar-refractivity contribution >= 4 is 28.3 Å². The van der Waals surface area contributed by atoms with E-state index in [4.69, 9.17) is 11.6 Å². The maximum atomic E-state index is 13.1. The minimum absolute atomic E-state index is 0.457. The maximum Gasteiger partial charge on any atom is 0.297 e. The van der Waals surface area contributed by atoms with E-state index >= 15 is 0 Å². The Kier molecular flexibility index (Phi) is 4.39. The number of benzene rings is 2. The fraction of sp³-hybridized carbons (Fsp3) is 0.176. The van der Waals surface area contributed by atoms with Gasteiger partial charge in [0.15, 0.2) is 5.82 Å². The molecular formula is C17H14ClF2N3. The number of alkyl halides is 2. The zero-order valence-electron chi connectivity index (χ0n) is 12.4. The van der Waals surface area contributed by atoms with Crippen LogP contribution < -0.4 is 4.90 Å². The summed E-state index contributed by atoms with van der Waals surface area (Å²) in [6, 6.07) is 14.6. The first kappa shape index (κ1) is 15.6. The molecule has 0 aliphatic heterocycles. The molecule has 0 spiro atoms. The van der Waals surface area contributed by atoms with Crippen molar-refractivity contribution in [2.24, 2.45) is 0 Å². The fourth-order valence-electron chi connectivity index (χ4n) is 2.40. The van der Waals surface area contributed by atoms with E-state index in [9.17, 15) is 8.78 Å². The first-order valence-electron chi connectivity index (χ1n) is 7.05. The van der Waals surface area contributed by atoms with Crippen LogP contribution in [0, 0.1) is 0 Å². The normalized spacial score (nSPS) is 11.2. The molecular weight excluding hydrogens is 320 g/mol. The smallest absolute Gasteiger partial charge is 0.297 e. The molecule has 6 heteroatoms. The maximum absolute atomic E-state index is 13.1. The lowest BCUT2D eigenvalue weighted by Crippen LogP contribution is -2.19. The number of hydrogen-bond acceptors (Lipinski definition) is 3. The van der Waals surface area contributed by atoms with Gasteiger partial charge in [0.05, 0.1) is 5.52 Å². The third kappa shape index (κ3) is 3.40. The molecule has 0 unspecified atom stereocenters. The van der Waals surface area contributed by atoms with Crippen molar-refractivity contribution in [1.29, 1.82) is 0 Å². The van der Waals surface area contributed by atoms with Gasteiger partial charge in [-0.25, -0.2) is 18.7 Å². The second-order valence-corrected chi connectivity index (χ2v) is 5.64. The van der Waals surface area contributed by atoms with Crippen LogP contribution >= 0.6 is 11.6 Å². The Bertz CT molecular complexity index is 822. The first-order valence-corrected chi connectivity index (χ1v) is 7.43. The summed E-state index contributed by atoms with van der Waals surface area (Å²) >= 11 is 5.88. The van der Waals surface area contributed by atoms with Crippen LogP contribution in [0.15, 0.2) is 48.5 Å². The Morgan fingerprint density at radius 2 is 1.74 bits per heavy atom. The molecule has 0 saturated carbocycles. The molecule has 3 rings (SSSR count). The van der Waals surface area contributed by atoms with Crippen LogP contribution in [0.3, 0.4) is 0 Å².